The van der Waals surface area contributed by atoms with Gasteiger partial charge in [0, 0.05) is 5.69 Å². The van der Waals surface area contributed by atoms with Crippen LogP contribution in [-0.2, 0) is 39.8 Å². The summed E-state index contributed by atoms with van der Waals surface area (Å²) in [6.07, 6.45) is 0.0835. The van der Waals surface area contributed by atoms with Gasteiger partial charge in [0.05, 0.1) is 39.9 Å². The van der Waals surface area contributed by atoms with Crippen LogP contribution >= 0.6 is 0 Å². The predicted octanol–water partition coefficient (Wildman–Crippen LogP) is 0.796. The van der Waals surface area contributed by atoms with Crippen LogP contribution in [0.4, 0.5) is 5.69 Å². The van der Waals surface area contributed by atoms with Gasteiger partial charge in [0.1, 0.15) is 12.4 Å². The molecule has 1 aliphatic rings. The van der Waals surface area contributed by atoms with Crippen molar-refractivity contribution in [3.63, 3.8) is 0 Å². The van der Waals surface area contributed by atoms with Crippen LogP contribution in [0, 0.1) is 0 Å². The molecule has 0 bridgehead atoms. The van der Waals surface area contributed by atoms with Crippen LogP contribution in [0.25, 0.3) is 0 Å². The summed E-state index contributed by atoms with van der Waals surface area (Å²) in [5.74, 6) is -1.73. The molecule has 0 unspecified atom stereocenters. The molecule has 0 radical (unpaired) electrons. The molecule has 1 aromatic carbocycles. The van der Waals surface area contributed by atoms with Gasteiger partial charge in [-0.05, 0) is 17.7 Å². The number of hydrogen-bond donors (Lipinski definition) is 0. The second-order valence-electron chi connectivity index (χ2n) is 5.14. The van der Waals surface area contributed by atoms with Crippen molar-refractivity contribution in [2.75, 3.05) is 39.6 Å². The molecular formula is C17H19NO7. The second kappa shape index (κ2) is 8.29. The maximum Gasteiger partial charge on any atom is 0.355 e. The van der Waals surface area contributed by atoms with E-state index in [1.807, 2.05) is 0 Å². The Morgan fingerprint density at radius 2 is 1.80 bits per heavy atom. The minimum atomic E-state index is -0.679. The number of carbonyl (C=O) groups is 3. The Morgan fingerprint density at radius 1 is 1.08 bits per heavy atom. The third-order valence-electron chi connectivity index (χ3n) is 3.63. The number of anilines is 1. The van der Waals surface area contributed by atoms with E-state index in [1.165, 1.54) is 26.2 Å². The lowest BCUT2D eigenvalue weighted by Gasteiger charge is -2.31. The van der Waals surface area contributed by atoms with Gasteiger partial charge < -0.3 is 23.8 Å². The standard InChI is InChI=1S/C17H19NO7/c1-22-14(19)8-11-5-4-6-12(7-11)18-10-25-9-13(16(20)23-2)15(18)17(21)24-3/h4-7H,8-10H2,1-3H3. The van der Waals surface area contributed by atoms with Crippen molar-refractivity contribution in [2.45, 2.75) is 6.42 Å². The average molecular weight is 349 g/mol. The van der Waals surface area contributed by atoms with E-state index < -0.39 is 11.9 Å². The highest BCUT2D eigenvalue weighted by Crippen LogP contribution is 2.27. The zero-order valence-corrected chi connectivity index (χ0v) is 14.2. The highest BCUT2D eigenvalue weighted by molar-refractivity contribution is 6.03. The molecule has 0 saturated carbocycles. The smallest absolute Gasteiger partial charge is 0.355 e. The third kappa shape index (κ3) is 4.16. The molecule has 134 valence electrons. The Kier molecular flexibility index (Phi) is 6.13. The van der Waals surface area contributed by atoms with Gasteiger partial charge in [-0.15, -0.1) is 0 Å². The van der Waals surface area contributed by atoms with Crippen LogP contribution in [0.2, 0.25) is 0 Å². The summed E-state index contributed by atoms with van der Waals surface area (Å²) in [7, 11) is 3.76. The predicted molar refractivity (Wildman–Crippen MR) is 86.5 cm³/mol. The molecule has 8 heteroatoms. The summed E-state index contributed by atoms with van der Waals surface area (Å²) in [4.78, 5) is 37.2. The topological polar surface area (TPSA) is 91.4 Å². The van der Waals surface area contributed by atoms with Crippen molar-refractivity contribution in [3.8, 4) is 0 Å². The number of benzene rings is 1. The monoisotopic (exact) mass is 349 g/mol. The molecule has 1 heterocycles. The van der Waals surface area contributed by atoms with Crippen LogP contribution in [0.1, 0.15) is 5.56 Å². The lowest BCUT2D eigenvalue weighted by molar-refractivity contribution is -0.140. The van der Waals surface area contributed by atoms with Crippen LogP contribution in [0.15, 0.2) is 35.5 Å². The Labute approximate surface area is 144 Å². The number of rotatable bonds is 5. The van der Waals surface area contributed by atoms with Gasteiger partial charge in [-0.1, -0.05) is 12.1 Å². The molecule has 0 N–H and O–H groups in total. The summed E-state index contributed by atoms with van der Waals surface area (Å²) >= 11 is 0. The summed E-state index contributed by atoms with van der Waals surface area (Å²) in [5.41, 5.74) is 1.39. The Hall–Kier alpha value is -2.87. The Balaban J connectivity index is 2.45. The maximum atomic E-state index is 12.2. The van der Waals surface area contributed by atoms with E-state index in [1.54, 1.807) is 24.3 Å². The van der Waals surface area contributed by atoms with E-state index in [0.717, 1.165) is 0 Å². The molecule has 1 aliphatic heterocycles. The molecule has 8 nitrogen and oxygen atoms in total. The molecule has 0 amide bonds. The van der Waals surface area contributed by atoms with Gasteiger partial charge in [0.25, 0.3) is 0 Å². The van der Waals surface area contributed by atoms with Crippen LogP contribution in [-0.4, -0.2) is 52.6 Å². The van der Waals surface area contributed by atoms with Gasteiger partial charge in [0.15, 0.2) is 0 Å². The van der Waals surface area contributed by atoms with Crippen LogP contribution in [0.5, 0.6) is 0 Å². The third-order valence-corrected chi connectivity index (χ3v) is 3.63. The molecule has 0 spiro atoms. The van der Waals surface area contributed by atoms with E-state index in [4.69, 9.17) is 14.2 Å². The normalized spacial score (nSPS) is 14.1. The van der Waals surface area contributed by atoms with Gasteiger partial charge in [-0.2, -0.15) is 0 Å². The lowest BCUT2D eigenvalue weighted by atomic mass is 10.1. The lowest BCUT2D eigenvalue weighted by Crippen LogP contribution is -2.38. The fourth-order valence-corrected chi connectivity index (χ4v) is 2.42. The molecule has 0 aliphatic carbocycles. The van der Waals surface area contributed by atoms with Crippen molar-refractivity contribution < 1.29 is 33.3 Å². The zero-order valence-electron chi connectivity index (χ0n) is 14.2. The summed E-state index contributed by atoms with van der Waals surface area (Å²) in [6.45, 7) is -0.0118. The number of methoxy groups -OCH3 is 3. The molecule has 0 atom stereocenters. The molecule has 0 saturated heterocycles. The molecule has 25 heavy (non-hydrogen) atoms. The number of nitrogens with zero attached hydrogens (tertiary/aromatic N) is 1. The first kappa shape index (κ1) is 18.5. The molecular weight excluding hydrogens is 330 g/mol. The van der Waals surface area contributed by atoms with Gasteiger partial charge in [0.2, 0.25) is 0 Å². The highest BCUT2D eigenvalue weighted by atomic mass is 16.5. The van der Waals surface area contributed by atoms with Gasteiger partial charge in [-0.3, -0.25) is 4.79 Å². The summed E-state index contributed by atoms with van der Waals surface area (Å²) in [6, 6.07) is 6.93. The summed E-state index contributed by atoms with van der Waals surface area (Å²) in [5, 5.41) is 0. The van der Waals surface area contributed by atoms with E-state index >= 15 is 0 Å². The number of hydrogen-bond acceptors (Lipinski definition) is 8. The highest BCUT2D eigenvalue weighted by Gasteiger charge is 2.32. The quantitative estimate of drug-likeness (QED) is 0.569. The van der Waals surface area contributed by atoms with Crippen molar-refractivity contribution in [1.82, 2.24) is 0 Å². The van der Waals surface area contributed by atoms with Crippen LogP contribution in [0.3, 0.4) is 0 Å². The van der Waals surface area contributed by atoms with Crippen molar-refractivity contribution >= 4 is 23.6 Å². The molecule has 2 rings (SSSR count). The number of carbonyl (C=O) groups excluding carboxylic acids is 3. The minimum absolute atomic E-state index is 0.0482. The number of ether oxygens (including phenoxy) is 4. The van der Waals surface area contributed by atoms with Gasteiger partial charge in [-0.25, -0.2) is 9.59 Å². The van der Waals surface area contributed by atoms with Crippen LogP contribution < -0.4 is 4.90 Å². The average Bonchev–Trinajstić information content (AvgIpc) is 2.66. The SMILES string of the molecule is COC(=O)Cc1cccc(N2COCC(C(=O)OC)=C2C(=O)OC)c1. The van der Waals surface area contributed by atoms with Crippen molar-refractivity contribution in [3.05, 3.63) is 41.1 Å². The van der Waals surface area contributed by atoms with Crippen molar-refractivity contribution in [2.24, 2.45) is 0 Å². The first-order valence-electron chi connectivity index (χ1n) is 7.42. The Bertz CT molecular complexity index is 711. The zero-order chi connectivity index (χ0) is 18.4. The van der Waals surface area contributed by atoms with Gasteiger partial charge >= 0.3 is 17.9 Å². The first-order valence-corrected chi connectivity index (χ1v) is 7.42. The first-order chi connectivity index (χ1) is 12.0. The second-order valence-corrected chi connectivity index (χ2v) is 5.14. The fraction of sp³-hybridized carbons (Fsp3) is 0.353. The fourth-order valence-electron chi connectivity index (χ4n) is 2.42. The largest absolute Gasteiger partial charge is 0.469 e. The minimum Gasteiger partial charge on any atom is -0.469 e. The maximum absolute atomic E-state index is 12.2. The summed E-state index contributed by atoms with van der Waals surface area (Å²) < 4.78 is 19.6. The van der Waals surface area contributed by atoms with E-state index in [-0.39, 0.29) is 37.0 Å². The molecule has 0 fully saturated rings. The van der Waals surface area contributed by atoms with E-state index in [9.17, 15) is 14.4 Å². The van der Waals surface area contributed by atoms with E-state index in [0.29, 0.717) is 11.3 Å². The van der Waals surface area contributed by atoms with E-state index in [2.05, 4.69) is 4.74 Å². The number of esters is 3. The molecule has 0 aromatic heterocycles. The van der Waals surface area contributed by atoms with Crippen molar-refractivity contribution in [1.29, 1.82) is 0 Å². The molecule has 1 aromatic rings. The Morgan fingerprint density at radius 3 is 2.44 bits per heavy atom.